The molecule has 1 aliphatic carbocycles. The van der Waals surface area contributed by atoms with E-state index in [1.54, 1.807) is 6.20 Å². The molecule has 0 bridgehead atoms. The van der Waals surface area contributed by atoms with Gasteiger partial charge in [-0.1, -0.05) is 6.08 Å². The molecule has 0 spiro atoms. The Kier molecular flexibility index (Phi) is 2.58. The second-order valence-electron chi connectivity index (χ2n) is 3.66. The molecular formula is C11H14N2O2. The number of carboxylic acids is 1. The quantitative estimate of drug-likeness (QED) is 0.824. The van der Waals surface area contributed by atoms with Gasteiger partial charge in [-0.25, -0.2) is 9.78 Å². The number of imidazole rings is 1. The van der Waals surface area contributed by atoms with Crippen LogP contribution in [-0.2, 0) is 6.54 Å². The average molecular weight is 206 g/mol. The van der Waals surface area contributed by atoms with Crippen molar-refractivity contribution in [2.24, 2.45) is 0 Å². The Bertz CT molecular complexity index is 418. The van der Waals surface area contributed by atoms with Crippen LogP contribution in [0.4, 0.5) is 0 Å². The van der Waals surface area contributed by atoms with Crippen molar-refractivity contribution in [3.8, 4) is 0 Å². The van der Waals surface area contributed by atoms with E-state index >= 15 is 0 Å². The summed E-state index contributed by atoms with van der Waals surface area (Å²) in [6.07, 6.45) is 7.00. The standard InChI is InChI=1S/C11H14N2O2/c1-2-13-7-9(11(14)15)12-10(13)8-5-3-4-6-8/h5,7H,2-4,6H2,1H3,(H,14,15). The molecule has 0 fully saturated rings. The van der Waals surface area contributed by atoms with Crippen molar-refractivity contribution >= 4 is 11.5 Å². The molecule has 0 unspecified atom stereocenters. The number of allylic oxidation sites excluding steroid dienone is 2. The largest absolute Gasteiger partial charge is 0.476 e. The zero-order chi connectivity index (χ0) is 10.8. The highest BCUT2D eigenvalue weighted by Gasteiger charge is 2.17. The fourth-order valence-electron chi connectivity index (χ4n) is 1.89. The van der Waals surface area contributed by atoms with Crippen LogP contribution in [0.25, 0.3) is 5.57 Å². The monoisotopic (exact) mass is 206 g/mol. The third-order valence-electron chi connectivity index (χ3n) is 2.66. The first-order valence-electron chi connectivity index (χ1n) is 5.22. The van der Waals surface area contributed by atoms with E-state index < -0.39 is 5.97 Å². The Morgan fingerprint density at radius 2 is 2.47 bits per heavy atom. The molecule has 0 amide bonds. The van der Waals surface area contributed by atoms with Gasteiger partial charge >= 0.3 is 5.97 Å². The first-order valence-corrected chi connectivity index (χ1v) is 5.22. The number of rotatable bonds is 3. The molecule has 0 radical (unpaired) electrons. The number of carboxylic acid groups (broad SMARTS) is 1. The maximum atomic E-state index is 10.8. The molecule has 0 aromatic carbocycles. The Hall–Kier alpha value is -1.58. The topological polar surface area (TPSA) is 55.1 Å². The summed E-state index contributed by atoms with van der Waals surface area (Å²) < 4.78 is 1.90. The number of aromatic nitrogens is 2. The van der Waals surface area contributed by atoms with Crippen LogP contribution in [0, 0.1) is 0 Å². The minimum absolute atomic E-state index is 0.139. The van der Waals surface area contributed by atoms with Gasteiger partial charge in [0.15, 0.2) is 5.69 Å². The zero-order valence-electron chi connectivity index (χ0n) is 8.73. The Morgan fingerprint density at radius 1 is 1.67 bits per heavy atom. The normalized spacial score (nSPS) is 15.4. The van der Waals surface area contributed by atoms with Gasteiger partial charge in [0.25, 0.3) is 0 Å². The highest BCUT2D eigenvalue weighted by molar-refractivity contribution is 5.85. The van der Waals surface area contributed by atoms with Crippen molar-refractivity contribution in [1.82, 2.24) is 9.55 Å². The summed E-state index contributed by atoms with van der Waals surface area (Å²) in [4.78, 5) is 15.0. The van der Waals surface area contributed by atoms with Gasteiger partial charge in [-0.05, 0) is 31.8 Å². The summed E-state index contributed by atoms with van der Waals surface area (Å²) in [6, 6.07) is 0. The van der Waals surface area contributed by atoms with Crippen LogP contribution in [0.3, 0.4) is 0 Å². The molecule has 1 aromatic rings. The maximum Gasteiger partial charge on any atom is 0.356 e. The third kappa shape index (κ3) is 1.79. The summed E-state index contributed by atoms with van der Waals surface area (Å²) in [5.74, 6) is -0.130. The molecule has 1 aliphatic rings. The minimum atomic E-state index is -0.956. The SMILES string of the molecule is CCn1cc(C(=O)O)nc1C1=CCCC1. The number of carbonyl (C=O) groups is 1. The van der Waals surface area contributed by atoms with Crippen LogP contribution < -0.4 is 0 Å². The molecule has 0 atom stereocenters. The number of nitrogens with zero attached hydrogens (tertiary/aromatic N) is 2. The third-order valence-corrected chi connectivity index (χ3v) is 2.66. The number of hydrogen-bond acceptors (Lipinski definition) is 2. The van der Waals surface area contributed by atoms with Gasteiger partial charge in [-0.2, -0.15) is 0 Å². The lowest BCUT2D eigenvalue weighted by Crippen LogP contribution is -1.98. The van der Waals surface area contributed by atoms with E-state index in [0.717, 1.165) is 31.6 Å². The molecule has 0 saturated carbocycles. The second kappa shape index (κ2) is 3.88. The molecule has 0 saturated heterocycles. The lowest BCUT2D eigenvalue weighted by Gasteiger charge is -2.03. The highest BCUT2D eigenvalue weighted by Crippen LogP contribution is 2.27. The fourth-order valence-corrected chi connectivity index (χ4v) is 1.89. The van der Waals surface area contributed by atoms with Crippen LogP contribution in [-0.4, -0.2) is 20.6 Å². The molecule has 1 heterocycles. The molecule has 2 rings (SSSR count). The van der Waals surface area contributed by atoms with E-state index in [1.165, 1.54) is 5.57 Å². The predicted molar refractivity (Wildman–Crippen MR) is 56.7 cm³/mol. The van der Waals surface area contributed by atoms with E-state index in [0.29, 0.717) is 0 Å². The molecular weight excluding hydrogens is 192 g/mol. The van der Waals surface area contributed by atoms with Crippen molar-refractivity contribution in [2.45, 2.75) is 32.7 Å². The number of aryl methyl sites for hydroxylation is 1. The first-order chi connectivity index (χ1) is 7.22. The van der Waals surface area contributed by atoms with Crippen molar-refractivity contribution in [3.63, 3.8) is 0 Å². The van der Waals surface area contributed by atoms with Gasteiger partial charge in [-0.3, -0.25) is 0 Å². The summed E-state index contributed by atoms with van der Waals surface area (Å²) in [5, 5.41) is 8.87. The lowest BCUT2D eigenvalue weighted by atomic mass is 10.2. The molecule has 80 valence electrons. The van der Waals surface area contributed by atoms with Gasteiger partial charge in [0.1, 0.15) is 5.82 Å². The molecule has 0 aliphatic heterocycles. The summed E-state index contributed by atoms with van der Waals surface area (Å²) in [6.45, 7) is 2.75. The maximum absolute atomic E-state index is 10.8. The van der Waals surface area contributed by atoms with Crippen molar-refractivity contribution in [1.29, 1.82) is 0 Å². The van der Waals surface area contributed by atoms with Crippen LogP contribution in [0.1, 0.15) is 42.5 Å². The van der Waals surface area contributed by atoms with E-state index in [1.807, 2.05) is 11.5 Å². The van der Waals surface area contributed by atoms with Gasteiger partial charge in [0, 0.05) is 12.7 Å². The second-order valence-corrected chi connectivity index (χ2v) is 3.66. The van der Waals surface area contributed by atoms with Gasteiger partial charge < -0.3 is 9.67 Å². The van der Waals surface area contributed by atoms with Crippen molar-refractivity contribution in [2.75, 3.05) is 0 Å². The highest BCUT2D eigenvalue weighted by atomic mass is 16.4. The minimum Gasteiger partial charge on any atom is -0.476 e. The van der Waals surface area contributed by atoms with E-state index in [9.17, 15) is 4.79 Å². The fraction of sp³-hybridized carbons (Fsp3) is 0.455. The first kappa shape index (κ1) is 9.96. The Morgan fingerprint density at radius 3 is 3.00 bits per heavy atom. The van der Waals surface area contributed by atoms with Crippen LogP contribution in [0.5, 0.6) is 0 Å². The van der Waals surface area contributed by atoms with Gasteiger partial charge in [0.2, 0.25) is 0 Å². The smallest absolute Gasteiger partial charge is 0.356 e. The summed E-state index contributed by atoms with van der Waals surface area (Å²) in [5.41, 5.74) is 1.32. The summed E-state index contributed by atoms with van der Waals surface area (Å²) >= 11 is 0. The Balaban J connectivity index is 2.40. The van der Waals surface area contributed by atoms with E-state index in [-0.39, 0.29) is 5.69 Å². The molecule has 1 aromatic heterocycles. The predicted octanol–water partition coefficient (Wildman–Crippen LogP) is 2.17. The van der Waals surface area contributed by atoms with Crippen LogP contribution in [0.15, 0.2) is 12.3 Å². The number of aromatic carboxylic acids is 1. The number of hydrogen-bond donors (Lipinski definition) is 1. The van der Waals surface area contributed by atoms with Crippen molar-refractivity contribution in [3.05, 3.63) is 23.8 Å². The molecule has 4 nitrogen and oxygen atoms in total. The zero-order valence-corrected chi connectivity index (χ0v) is 8.73. The van der Waals surface area contributed by atoms with Crippen LogP contribution >= 0.6 is 0 Å². The molecule has 4 heteroatoms. The molecule has 15 heavy (non-hydrogen) atoms. The average Bonchev–Trinajstić information content (AvgIpc) is 2.86. The van der Waals surface area contributed by atoms with Gasteiger partial charge in [-0.15, -0.1) is 0 Å². The van der Waals surface area contributed by atoms with Crippen molar-refractivity contribution < 1.29 is 9.90 Å². The lowest BCUT2D eigenvalue weighted by molar-refractivity contribution is 0.0691. The molecule has 1 N–H and O–H groups in total. The summed E-state index contributed by atoms with van der Waals surface area (Å²) in [7, 11) is 0. The van der Waals surface area contributed by atoms with E-state index in [4.69, 9.17) is 5.11 Å². The van der Waals surface area contributed by atoms with Crippen LogP contribution in [0.2, 0.25) is 0 Å². The van der Waals surface area contributed by atoms with E-state index in [2.05, 4.69) is 11.1 Å². The Labute approximate surface area is 88.3 Å². The van der Waals surface area contributed by atoms with Gasteiger partial charge in [0.05, 0.1) is 0 Å².